The van der Waals surface area contributed by atoms with Gasteiger partial charge in [0, 0.05) is 24.2 Å². The quantitative estimate of drug-likeness (QED) is 0.813. The summed E-state index contributed by atoms with van der Waals surface area (Å²) in [5.41, 5.74) is 0.688. The first kappa shape index (κ1) is 18.8. The van der Waals surface area contributed by atoms with E-state index in [0.717, 1.165) is 63.6 Å². The van der Waals surface area contributed by atoms with Crippen LogP contribution in [0.5, 0.6) is 0 Å². The molecule has 1 aromatic rings. The number of carbonyl (C=O) groups excluding carboxylic acids is 2. The Morgan fingerprint density at radius 2 is 2.00 bits per heavy atom. The summed E-state index contributed by atoms with van der Waals surface area (Å²) in [7, 11) is 0. The van der Waals surface area contributed by atoms with Gasteiger partial charge in [0.15, 0.2) is 0 Å². The van der Waals surface area contributed by atoms with E-state index in [-0.39, 0.29) is 11.8 Å². The summed E-state index contributed by atoms with van der Waals surface area (Å²) < 4.78 is 0. The van der Waals surface area contributed by atoms with Crippen LogP contribution in [-0.2, 0) is 16.0 Å². The summed E-state index contributed by atoms with van der Waals surface area (Å²) in [6.07, 6.45) is 6.88. The smallest absolute Gasteiger partial charge is 0.243 e. The highest BCUT2D eigenvalue weighted by Crippen LogP contribution is 2.41. The van der Waals surface area contributed by atoms with Gasteiger partial charge in [0.1, 0.15) is 5.54 Å². The lowest BCUT2D eigenvalue weighted by Gasteiger charge is -2.44. The van der Waals surface area contributed by atoms with Crippen molar-refractivity contribution in [2.24, 2.45) is 0 Å². The molecule has 27 heavy (non-hydrogen) atoms. The lowest BCUT2D eigenvalue weighted by atomic mass is 9.85. The highest BCUT2D eigenvalue weighted by molar-refractivity contribution is 6.30. The van der Waals surface area contributed by atoms with Gasteiger partial charge in [-0.2, -0.15) is 0 Å². The molecule has 2 heterocycles. The summed E-state index contributed by atoms with van der Waals surface area (Å²) in [6, 6.07) is 8.18. The zero-order valence-electron chi connectivity index (χ0n) is 15.8. The first-order chi connectivity index (χ1) is 13.1. The van der Waals surface area contributed by atoms with Crippen LogP contribution < -0.4 is 5.32 Å². The zero-order valence-corrected chi connectivity index (χ0v) is 16.5. The first-order valence-electron chi connectivity index (χ1n) is 10.2. The molecule has 6 heteroatoms. The number of halogens is 1. The van der Waals surface area contributed by atoms with Crippen molar-refractivity contribution in [1.82, 2.24) is 15.1 Å². The minimum absolute atomic E-state index is 0.00893. The van der Waals surface area contributed by atoms with Crippen molar-refractivity contribution in [2.45, 2.75) is 56.5 Å². The van der Waals surface area contributed by atoms with E-state index in [0.29, 0.717) is 24.2 Å². The number of likely N-dealkylation sites (tertiary alicyclic amines) is 2. The summed E-state index contributed by atoms with van der Waals surface area (Å²) >= 11 is 6.00. The molecule has 2 saturated heterocycles. The number of amides is 2. The van der Waals surface area contributed by atoms with Crippen molar-refractivity contribution < 1.29 is 9.59 Å². The van der Waals surface area contributed by atoms with E-state index < -0.39 is 5.54 Å². The van der Waals surface area contributed by atoms with Crippen LogP contribution in [0.3, 0.4) is 0 Å². The Hall–Kier alpha value is -1.59. The molecule has 2 amide bonds. The van der Waals surface area contributed by atoms with E-state index in [1.54, 1.807) is 0 Å². The molecule has 1 saturated carbocycles. The van der Waals surface area contributed by atoms with E-state index in [9.17, 15) is 9.59 Å². The molecule has 2 aliphatic heterocycles. The second-order valence-electron chi connectivity index (χ2n) is 8.12. The van der Waals surface area contributed by atoms with Crippen LogP contribution in [0.4, 0.5) is 0 Å². The monoisotopic (exact) mass is 389 g/mol. The molecule has 1 atom stereocenters. The van der Waals surface area contributed by atoms with Crippen LogP contribution in [0, 0.1) is 0 Å². The Morgan fingerprint density at radius 3 is 2.74 bits per heavy atom. The number of rotatable bonds is 6. The van der Waals surface area contributed by atoms with Crippen molar-refractivity contribution in [3.8, 4) is 0 Å². The number of hydrogen-bond donors (Lipinski definition) is 1. The van der Waals surface area contributed by atoms with E-state index in [2.05, 4.69) is 15.1 Å². The first-order valence-corrected chi connectivity index (χ1v) is 10.5. The van der Waals surface area contributed by atoms with Gasteiger partial charge in [-0.05, 0) is 69.2 Å². The minimum atomic E-state index is -0.425. The molecule has 4 rings (SSSR count). The van der Waals surface area contributed by atoms with E-state index in [1.165, 1.54) is 0 Å². The molecule has 146 valence electrons. The van der Waals surface area contributed by atoms with Gasteiger partial charge in [0.25, 0.3) is 0 Å². The summed E-state index contributed by atoms with van der Waals surface area (Å²) in [5.74, 6) is 0.287. The van der Waals surface area contributed by atoms with Gasteiger partial charge in [0.2, 0.25) is 11.8 Å². The third kappa shape index (κ3) is 3.99. The molecule has 1 aliphatic carbocycles. The number of nitrogens with one attached hydrogen (secondary N) is 1. The highest BCUT2D eigenvalue weighted by atomic mass is 35.5. The topological polar surface area (TPSA) is 52.7 Å². The lowest BCUT2D eigenvalue weighted by Crippen LogP contribution is -2.61. The average molecular weight is 390 g/mol. The van der Waals surface area contributed by atoms with Gasteiger partial charge in [-0.1, -0.05) is 23.7 Å². The predicted octanol–water partition coefficient (Wildman–Crippen LogP) is 2.62. The van der Waals surface area contributed by atoms with Crippen molar-refractivity contribution in [1.29, 1.82) is 0 Å². The largest absolute Gasteiger partial charge is 0.355 e. The molecule has 3 aliphatic rings. The van der Waals surface area contributed by atoms with Crippen LogP contribution in [0.1, 0.15) is 44.1 Å². The molecular weight excluding hydrogens is 362 g/mol. The molecule has 3 fully saturated rings. The van der Waals surface area contributed by atoms with Crippen molar-refractivity contribution >= 4 is 23.4 Å². The van der Waals surface area contributed by atoms with Gasteiger partial charge in [-0.25, -0.2) is 0 Å². The highest BCUT2D eigenvalue weighted by Gasteiger charge is 2.53. The molecule has 0 radical (unpaired) electrons. The van der Waals surface area contributed by atoms with E-state index in [1.807, 2.05) is 24.3 Å². The summed E-state index contributed by atoms with van der Waals surface area (Å²) in [4.78, 5) is 30.0. The van der Waals surface area contributed by atoms with E-state index >= 15 is 0 Å². The molecule has 1 aromatic carbocycles. The normalized spacial score (nSPS) is 26.0. The number of carbonyl (C=O) groups is 2. The van der Waals surface area contributed by atoms with Crippen LogP contribution in [0.2, 0.25) is 5.02 Å². The molecule has 1 unspecified atom stereocenters. The number of piperidine rings is 1. The van der Waals surface area contributed by atoms with Crippen LogP contribution in [-0.4, -0.2) is 59.4 Å². The molecule has 0 bridgehead atoms. The van der Waals surface area contributed by atoms with Crippen molar-refractivity contribution in [3.05, 3.63) is 34.9 Å². The number of nitrogens with zero attached hydrogens (tertiary/aromatic N) is 2. The molecule has 1 spiro atoms. The van der Waals surface area contributed by atoms with Crippen molar-refractivity contribution in [3.63, 3.8) is 0 Å². The minimum Gasteiger partial charge on any atom is -0.355 e. The second-order valence-corrected chi connectivity index (χ2v) is 8.56. The SMILES string of the molecule is O=C(CN1CCCC12CCCN(C1CC1)C2=O)NCCc1cccc(Cl)c1. The zero-order chi connectivity index (χ0) is 18.9. The standard InChI is InChI=1S/C21H28ClN3O2/c22-17-5-1-4-16(14-17)8-11-23-19(26)15-24-12-2-9-21(24)10-3-13-25(20(21)27)18-6-7-18/h1,4-5,14,18H,2-3,6-13,15H2,(H,23,26). The third-order valence-corrected chi connectivity index (χ3v) is 6.45. The maximum absolute atomic E-state index is 13.2. The fourth-order valence-electron chi connectivity index (χ4n) is 4.71. The summed E-state index contributed by atoms with van der Waals surface area (Å²) in [6.45, 7) is 2.64. The lowest BCUT2D eigenvalue weighted by molar-refractivity contribution is -0.149. The van der Waals surface area contributed by atoms with E-state index in [4.69, 9.17) is 11.6 Å². The fourth-order valence-corrected chi connectivity index (χ4v) is 4.92. The van der Waals surface area contributed by atoms with Gasteiger partial charge in [-0.3, -0.25) is 14.5 Å². The molecule has 0 aromatic heterocycles. The number of benzene rings is 1. The van der Waals surface area contributed by atoms with Crippen LogP contribution in [0.15, 0.2) is 24.3 Å². The Bertz CT molecular complexity index is 721. The van der Waals surface area contributed by atoms with Crippen molar-refractivity contribution in [2.75, 3.05) is 26.2 Å². The van der Waals surface area contributed by atoms with Gasteiger partial charge in [0.05, 0.1) is 6.54 Å². The average Bonchev–Trinajstić information content (AvgIpc) is 3.41. The number of hydrogen-bond acceptors (Lipinski definition) is 3. The molecule has 5 nitrogen and oxygen atoms in total. The summed E-state index contributed by atoms with van der Waals surface area (Å²) in [5, 5.41) is 3.73. The second kappa shape index (κ2) is 7.80. The Kier molecular flexibility index (Phi) is 5.42. The van der Waals surface area contributed by atoms with Gasteiger partial charge in [-0.15, -0.1) is 0 Å². The van der Waals surface area contributed by atoms with Crippen LogP contribution in [0.25, 0.3) is 0 Å². The fraction of sp³-hybridized carbons (Fsp3) is 0.619. The Morgan fingerprint density at radius 1 is 1.22 bits per heavy atom. The Labute approximate surface area is 166 Å². The Balaban J connectivity index is 1.32. The predicted molar refractivity (Wildman–Crippen MR) is 106 cm³/mol. The maximum Gasteiger partial charge on any atom is 0.243 e. The molecular formula is C21H28ClN3O2. The van der Waals surface area contributed by atoms with Gasteiger partial charge < -0.3 is 10.2 Å². The van der Waals surface area contributed by atoms with Gasteiger partial charge >= 0.3 is 0 Å². The molecule has 1 N–H and O–H groups in total. The third-order valence-electron chi connectivity index (χ3n) is 6.22. The maximum atomic E-state index is 13.2. The van der Waals surface area contributed by atoms with Crippen LogP contribution >= 0.6 is 11.6 Å².